The lowest BCUT2D eigenvalue weighted by atomic mass is 9.78. The van der Waals surface area contributed by atoms with Crippen molar-refractivity contribution in [3.8, 4) is 6.07 Å². The predicted octanol–water partition coefficient (Wildman–Crippen LogP) is 6.53. The number of rotatable bonds is 9. The number of pyridine rings is 2. The third kappa shape index (κ3) is 5.63. The minimum atomic E-state index is -4.67. The van der Waals surface area contributed by atoms with Gasteiger partial charge < -0.3 is 0 Å². The van der Waals surface area contributed by atoms with Crippen molar-refractivity contribution < 1.29 is 21.6 Å². The number of aryl methyl sites for hydroxylation is 1. The summed E-state index contributed by atoms with van der Waals surface area (Å²) >= 11 is 1.52. The number of aromatic nitrogens is 2. The van der Waals surface area contributed by atoms with Crippen molar-refractivity contribution in [2.24, 2.45) is 11.8 Å². The zero-order chi connectivity index (χ0) is 27.7. The Morgan fingerprint density at radius 3 is 2.42 bits per heavy atom. The number of nitriles is 1. The Morgan fingerprint density at radius 2 is 1.92 bits per heavy atom. The SMILES string of the molecule is CCC(C(=C(C#N)c1cc(SC)cnc1C)c1ccc(S(=O)(=O)NC2(C(F)(F)F)CC2)cn1)C1CCCC1. The van der Waals surface area contributed by atoms with Gasteiger partial charge >= 0.3 is 6.18 Å². The van der Waals surface area contributed by atoms with E-state index in [2.05, 4.69) is 23.0 Å². The summed E-state index contributed by atoms with van der Waals surface area (Å²) in [6.07, 6.45) is 4.55. The lowest BCUT2D eigenvalue weighted by Crippen LogP contribution is -2.47. The highest BCUT2D eigenvalue weighted by Gasteiger charge is 2.65. The fraction of sp³-hybridized carbons (Fsp3) is 0.519. The molecule has 0 saturated heterocycles. The van der Waals surface area contributed by atoms with Crippen molar-refractivity contribution in [3.05, 3.63) is 47.5 Å². The van der Waals surface area contributed by atoms with Crippen molar-refractivity contribution >= 4 is 32.9 Å². The molecule has 4 rings (SSSR count). The first-order chi connectivity index (χ1) is 18.0. The molecule has 11 heteroatoms. The monoisotopic (exact) mass is 564 g/mol. The number of nitrogens with one attached hydrogen (secondary N) is 1. The van der Waals surface area contributed by atoms with Gasteiger partial charge in [-0.15, -0.1) is 11.8 Å². The number of sulfonamides is 1. The molecule has 0 spiro atoms. The molecule has 204 valence electrons. The van der Waals surface area contributed by atoms with Crippen LogP contribution in [0.15, 0.2) is 40.4 Å². The molecule has 0 aliphatic heterocycles. The van der Waals surface area contributed by atoms with Crippen LogP contribution in [0.2, 0.25) is 0 Å². The molecule has 1 unspecified atom stereocenters. The number of hydrogen-bond donors (Lipinski definition) is 1. The zero-order valence-corrected chi connectivity index (χ0v) is 23.2. The molecule has 0 aromatic carbocycles. The van der Waals surface area contributed by atoms with Crippen LogP contribution in [0.1, 0.15) is 68.8 Å². The summed E-state index contributed by atoms with van der Waals surface area (Å²) in [6.45, 7) is 3.91. The second-order valence-corrected chi connectivity index (χ2v) is 12.6. The van der Waals surface area contributed by atoms with Crippen LogP contribution >= 0.6 is 11.8 Å². The number of alkyl halides is 3. The maximum absolute atomic E-state index is 13.4. The summed E-state index contributed by atoms with van der Waals surface area (Å²) in [5, 5.41) is 10.4. The van der Waals surface area contributed by atoms with Crippen LogP contribution in [0, 0.1) is 30.1 Å². The van der Waals surface area contributed by atoms with Gasteiger partial charge in [0.2, 0.25) is 10.0 Å². The molecule has 2 aliphatic rings. The van der Waals surface area contributed by atoms with Crippen LogP contribution < -0.4 is 4.72 Å². The molecule has 2 aliphatic carbocycles. The van der Waals surface area contributed by atoms with E-state index in [0.717, 1.165) is 48.8 Å². The van der Waals surface area contributed by atoms with Crippen LogP contribution in [0.5, 0.6) is 0 Å². The van der Waals surface area contributed by atoms with Crippen molar-refractivity contribution in [1.82, 2.24) is 14.7 Å². The molecular formula is C27H31F3N4O2S2. The Morgan fingerprint density at radius 1 is 1.24 bits per heavy atom. The van der Waals surface area contributed by atoms with E-state index in [1.165, 1.54) is 23.9 Å². The van der Waals surface area contributed by atoms with Crippen molar-refractivity contribution in [2.75, 3.05) is 6.26 Å². The molecule has 0 bridgehead atoms. The molecule has 1 N–H and O–H groups in total. The predicted molar refractivity (Wildman–Crippen MR) is 141 cm³/mol. The Balaban J connectivity index is 1.81. The molecule has 2 aromatic rings. The fourth-order valence-corrected chi connectivity index (χ4v) is 7.15. The molecular weight excluding hydrogens is 533 g/mol. The number of halogens is 3. The minimum Gasteiger partial charge on any atom is -0.260 e. The topological polar surface area (TPSA) is 95.7 Å². The third-order valence-corrected chi connectivity index (χ3v) is 9.89. The van der Waals surface area contributed by atoms with E-state index in [0.29, 0.717) is 28.4 Å². The van der Waals surface area contributed by atoms with Gasteiger partial charge in [0.25, 0.3) is 0 Å². The Kier molecular flexibility index (Phi) is 8.26. The van der Waals surface area contributed by atoms with Gasteiger partial charge in [0, 0.05) is 28.5 Å². The average Bonchev–Trinajstić information content (AvgIpc) is 3.47. The van der Waals surface area contributed by atoms with Crippen LogP contribution in [-0.4, -0.2) is 36.4 Å². The standard InChI is InChI=1S/C27H31F3N4O2S2/c1-4-21(18-7-5-6-8-18)25(23(14-31)22-13-19(37-3)15-32-17(22)2)24-10-9-20(16-33-24)38(35,36)34-26(11-12-26)27(28,29)30/h9-10,13,15-16,18,21,34H,4-8,11-12H2,1-3H3. The molecule has 6 nitrogen and oxygen atoms in total. The number of thioether (sulfide) groups is 1. The summed E-state index contributed by atoms with van der Waals surface area (Å²) < 4.78 is 67.6. The largest absolute Gasteiger partial charge is 0.407 e. The van der Waals surface area contributed by atoms with Gasteiger partial charge in [-0.2, -0.15) is 23.2 Å². The van der Waals surface area contributed by atoms with E-state index in [9.17, 15) is 26.9 Å². The van der Waals surface area contributed by atoms with Gasteiger partial charge in [0.15, 0.2) is 0 Å². The minimum absolute atomic E-state index is 0.0116. The number of allylic oxidation sites excluding steroid dienone is 2. The van der Waals surface area contributed by atoms with Crippen molar-refractivity contribution in [2.45, 2.75) is 80.3 Å². The highest BCUT2D eigenvalue weighted by Crippen LogP contribution is 2.50. The van der Waals surface area contributed by atoms with E-state index in [4.69, 9.17) is 0 Å². The second kappa shape index (κ2) is 11.0. The lowest BCUT2D eigenvalue weighted by Gasteiger charge is -2.27. The van der Waals surface area contributed by atoms with Crippen molar-refractivity contribution in [1.29, 1.82) is 5.26 Å². The molecule has 2 fully saturated rings. The Labute approximate surface area is 226 Å². The summed E-state index contributed by atoms with van der Waals surface area (Å²) in [7, 11) is -4.44. The van der Waals surface area contributed by atoms with Crippen molar-refractivity contribution in [3.63, 3.8) is 0 Å². The van der Waals surface area contributed by atoms with Crippen LogP contribution in [0.4, 0.5) is 13.2 Å². The molecule has 2 saturated carbocycles. The van der Waals surface area contributed by atoms with Gasteiger partial charge in [-0.25, -0.2) is 8.42 Å². The first-order valence-electron chi connectivity index (χ1n) is 12.7. The maximum Gasteiger partial charge on any atom is 0.407 e. The first kappa shape index (κ1) is 28.6. The van der Waals surface area contributed by atoms with Gasteiger partial charge in [-0.3, -0.25) is 9.97 Å². The molecule has 0 amide bonds. The quantitative estimate of drug-likeness (QED) is 0.275. The van der Waals surface area contributed by atoms with E-state index in [1.54, 1.807) is 6.20 Å². The summed E-state index contributed by atoms with van der Waals surface area (Å²) in [4.78, 5) is 9.47. The Hall–Kier alpha value is -2.42. The average molecular weight is 565 g/mol. The lowest BCUT2D eigenvalue weighted by molar-refractivity contribution is -0.160. The molecule has 0 radical (unpaired) electrons. The van der Waals surface area contributed by atoms with Crippen LogP contribution in [0.25, 0.3) is 11.1 Å². The molecule has 1 atom stereocenters. The van der Waals surface area contributed by atoms with Gasteiger partial charge in [0.1, 0.15) is 16.5 Å². The van der Waals surface area contributed by atoms with Gasteiger partial charge in [-0.1, -0.05) is 19.8 Å². The fourth-order valence-electron chi connectivity index (χ4n) is 5.36. The van der Waals surface area contributed by atoms with E-state index in [-0.39, 0.29) is 23.7 Å². The molecule has 2 heterocycles. The molecule has 38 heavy (non-hydrogen) atoms. The van der Waals surface area contributed by atoms with Crippen LogP contribution in [-0.2, 0) is 10.0 Å². The van der Waals surface area contributed by atoms with E-state index in [1.807, 2.05) is 24.0 Å². The summed E-state index contributed by atoms with van der Waals surface area (Å²) in [5.74, 6) is 0.362. The molecule has 2 aromatic heterocycles. The number of nitrogens with zero attached hydrogens (tertiary/aromatic N) is 3. The summed E-state index contributed by atoms with van der Waals surface area (Å²) in [6, 6.07) is 7.10. The smallest absolute Gasteiger partial charge is 0.260 e. The van der Waals surface area contributed by atoms with Crippen LogP contribution in [0.3, 0.4) is 0 Å². The van der Waals surface area contributed by atoms with Gasteiger partial charge in [-0.05, 0) is 80.9 Å². The first-order valence-corrected chi connectivity index (χ1v) is 15.4. The zero-order valence-electron chi connectivity index (χ0n) is 21.6. The third-order valence-electron chi connectivity index (χ3n) is 7.67. The second-order valence-electron chi connectivity index (χ2n) is 10.0. The summed E-state index contributed by atoms with van der Waals surface area (Å²) in [5.41, 5.74) is 0.614. The normalized spacial score (nSPS) is 19.1. The maximum atomic E-state index is 13.4. The van der Waals surface area contributed by atoms with E-state index < -0.39 is 21.7 Å². The van der Waals surface area contributed by atoms with Gasteiger partial charge in [0.05, 0.1) is 11.3 Å². The van der Waals surface area contributed by atoms with E-state index >= 15 is 0 Å². The highest BCUT2D eigenvalue weighted by atomic mass is 32.2. The Bertz CT molecular complexity index is 1360. The highest BCUT2D eigenvalue weighted by molar-refractivity contribution is 7.98. The number of hydrogen-bond acceptors (Lipinski definition) is 6.